The Morgan fingerprint density at radius 3 is 2.61 bits per heavy atom. The summed E-state index contributed by atoms with van der Waals surface area (Å²) >= 11 is 5.33. The van der Waals surface area contributed by atoms with Crippen LogP contribution in [0.1, 0.15) is 17.6 Å². The highest BCUT2D eigenvalue weighted by atomic mass is 32.1. The highest BCUT2D eigenvalue weighted by molar-refractivity contribution is 7.71. The van der Waals surface area contributed by atoms with Crippen LogP contribution in [0.2, 0.25) is 0 Å². The van der Waals surface area contributed by atoms with Crippen LogP contribution in [-0.4, -0.2) is 68.5 Å². The van der Waals surface area contributed by atoms with Crippen LogP contribution in [0.4, 0.5) is 11.8 Å². The van der Waals surface area contributed by atoms with Crippen LogP contribution in [0.5, 0.6) is 0 Å². The van der Waals surface area contributed by atoms with E-state index in [2.05, 4.69) is 25.2 Å². The third-order valence-corrected chi connectivity index (χ3v) is 6.01. The zero-order valence-electron chi connectivity index (χ0n) is 16.8. The van der Waals surface area contributed by atoms with E-state index in [1.807, 2.05) is 29.2 Å². The van der Waals surface area contributed by atoms with Crippen molar-refractivity contribution < 1.29 is 9.59 Å². The van der Waals surface area contributed by atoms with E-state index >= 15 is 0 Å². The number of para-hydroxylation sites is 1. The number of rotatable bonds is 4. The van der Waals surface area contributed by atoms with Gasteiger partial charge in [0.2, 0.25) is 16.6 Å². The Bertz CT molecular complexity index is 1210. The van der Waals surface area contributed by atoms with E-state index in [1.54, 1.807) is 18.5 Å². The maximum Gasteiger partial charge on any atom is 0.257 e. The summed E-state index contributed by atoms with van der Waals surface area (Å²) in [6.45, 7) is 2.61. The molecular formula is C21H21N7O2S. The summed E-state index contributed by atoms with van der Waals surface area (Å²) in [5, 5.41) is 4.11. The van der Waals surface area contributed by atoms with E-state index in [-0.39, 0.29) is 23.0 Å². The molecule has 4 heterocycles. The van der Waals surface area contributed by atoms with E-state index < -0.39 is 6.04 Å². The smallest absolute Gasteiger partial charge is 0.257 e. The van der Waals surface area contributed by atoms with Crippen molar-refractivity contribution >= 4 is 46.7 Å². The molecule has 0 bridgehead atoms. The quantitative estimate of drug-likeness (QED) is 0.623. The molecule has 1 saturated heterocycles. The molecule has 1 amide bonds. The first-order chi connectivity index (χ1) is 15.1. The largest absolute Gasteiger partial charge is 0.359 e. The van der Waals surface area contributed by atoms with Gasteiger partial charge in [-0.05, 0) is 36.8 Å². The van der Waals surface area contributed by atoms with Crippen molar-refractivity contribution in [3.63, 3.8) is 0 Å². The number of hydrogen-bond acceptors (Lipinski definition) is 8. The zero-order valence-corrected chi connectivity index (χ0v) is 17.6. The average Bonchev–Trinajstić information content (AvgIpc) is 3.15. The number of anilines is 2. The number of fused-ring (bicyclic) bond motifs is 3. The lowest BCUT2D eigenvalue weighted by molar-refractivity contribution is -0.131. The van der Waals surface area contributed by atoms with Crippen LogP contribution in [-0.2, 0) is 4.79 Å². The van der Waals surface area contributed by atoms with Crippen LogP contribution in [0.3, 0.4) is 0 Å². The molecule has 0 saturated carbocycles. The molecule has 1 atom stereocenters. The van der Waals surface area contributed by atoms with E-state index in [0.29, 0.717) is 44.4 Å². The Hall–Kier alpha value is -3.40. The molecular weight excluding hydrogens is 414 g/mol. The van der Waals surface area contributed by atoms with Crippen LogP contribution >= 0.6 is 12.2 Å². The molecule has 9 nitrogen and oxygen atoms in total. The minimum absolute atomic E-state index is 0.0470. The molecule has 31 heavy (non-hydrogen) atoms. The van der Waals surface area contributed by atoms with Gasteiger partial charge in [0.05, 0.1) is 5.52 Å². The van der Waals surface area contributed by atoms with Crippen molar-refractivity contribution in [3.05, 3.63) is 47.5 Å². The Morgan fingerprint density at radius 1 is 1.10 bits per heavy atom. The first-order valence-electron chi connectivity index (χ1n) is 10.2. The zero-order chi connectivity index (χ0) is 21.4. The number of nitrogens with one attached hydrogen (secondary N) is 1. The van der Waals surface area contributed by atoms with E-state index in [1.165, 1.54) is 4.57 Å². The van der Waals surface area contributed by atoms with Gasteiger partial charge in [-0.15, -0.1) is 0 Å². The van der Waals surface area contributed by atoms with Crippen molar-refractivity contribution in [3.8, 4) is 0 Å². The standard InChI is InChI=1S/C21H21N7O2S/c29-17(26-10-12-27(13-11-26)20-22-8-3-9-23-20)7-6-16-19(30)28-18(24-16)14-4-1-2-5-15(14)25-21(28)31/h1-5,8-9,16,24H,6-7,10-13H2. The summed E-state index contributed by atoms with van der Waals surface area (Å²) in [4.78, 5) is 42.5. The molecule has 0 aliphatic carbocycles. The fraction of sp³-hybridized carbons (Fsp3) is 0.333. The maximum atomic E-state index is 12.9. The molecule has 1 aromatic carbocycles. The molecule has 1 fully saturated rings. The summed E-state index contributed by atoms with van der Waals surface area (Å²) in [5.74, 6) is 1.24. The van der Waals surface area contributed by atoms with Gasteiger partial charge >= 0.3 is 0 Å². The SMILES string of the molecule is O=C(CCC1Nc2c3ccccc3nc(=S)n2C1=O)N1CCN(c2ncccn2)CC1. The lowest BCUT2D eigenvalue weighted by Gasteiger charge is -2.34. The second-order valence-electron chi connectivity index (χ2n) is 7.59. The number of amides is 1. The summed E-state index contributed by atoms with van der Waals surface area (Å²) in [6.07, 6.45) is 4.13. The van der Waals surface area contributed by atoms with Gasteiger partial charge in [0.1, 0.15) is 11.9 Å². The molecule has 2 aromatic heterocycles. The Labute approximate surface area is 183 Å². The second kappa shape index (κ2) is 8.03. The Kier molecular flexibility index (Phi) is 5.06. The van der Waals surface area contributed by atoms with E-state index in [9.17, 15) is 9.59 Å². The number of nitrogens with zero attached hydrogens (tertiary/aromatic N) is 6. The van der Waals surface area contributed by atoms with Gasteiger partial charge < -0.3 is 15.1 Å². The molecule has 10 heteroatoms. The summed E-state index contributed by atoms with van der Waals surface area (Å²) < 4.78 is 1.69. The third-order valence-electron chi connectivity index (χ3n) is 5.73. The number of hydrogen-bond donors (Lipinski definition) is 1. The number of carbonyl (C=O) groups excluding carboxylic acids is 2. The van der Waals surface area contributed by atoms with Gasteiger partial charge in [0.25, 0.3) is 5.91 Å². The van der Waals surface area contributed by atoms with Gasteiger partial charge in [-0.25, -0.2) is 19.5 Å². The van der Waals surface area contributed by atoms with Gasteiger partial charge in [-0.3, -0.25) is 9.59 Å². The van der Waals surface area contributed by atoms with Gasteiger partial charge in [0, 0.05) is 50.4 Å². The lowest BCUT2D eigenvalue weighted by atomic mass is 10.1. The van der Waals surface area contributed by atoms with E-state index in [0.717, 1.165) is 10.9 Å². The van der Waals surface area contributed by atoms with Crippen molar-refractivity contribution in [1.82, 2.24) is 24.4 Å². The molecule has 158 valence electrons. The topological polar surface area (TPSA) is 96.2 Å². The molecule has 1 unspecified atom stereocenters. The number of piperazine rings is 1. The third kappa shape index (κ3) is 3.63. The van der Waals surface area contributed by atoms with Crippen LogP contribution < -0.4 is 10.2 Å². The van der Waals surface area contributed by atoms with Crippen LogP contribution in [0.15, 0.2) is 42.7 Å². The fourth-order valence-corrected chi connectivity index (χ4v) is 4.38. The van der Waals surface area contributed by atoms with Crippen molar-refractivity contribution in [2.75, 3.05) is 36.4 Å². The average molecular weight is 436 g/mol. The Balaban J connectivity index is 1.21. The first kappa shape index (κ1) is 19.6. The first-order valence-corrected chi connectivity index (χ1v) is 10.6. The number of aromatic nitrogens is 4. The van der Waals surface area contributed by atoms with E-state index in [4.69, 9.17) is 12.2 Å². The van der Waals surface area contributed by atoms with Crippen molar-refractivity contribution in [2.24, 2.45) is 0 Å². The maximum absolute atomic E-state index is 12.9. The number of benzene rings is 1. The van der Waals surface area contributed by atoms with Crippen LogP contribution in [0, 0.1) is 4.77 Å². The lowest BCUT2D eigenvalue weighted by Crippen LogP contribution is -2.49. The normalized spacial score (nSPS) is 18.2. The summed E-state index contributed by atoms with van der Waals surface area (Å²) in [7, 11) is 0. The highest BCUT2D eigenvalue weighted by Gasteiger charge is 2.33. The van der Waals surface area contributed by atoms with Gasteiger partial charge in [-0.2, -0.15) is 0 Å². The second-order valence-corrected chi connectivity index (χ2v) is 7.95. The van der Waals surface area contributed by atoms with Gasteiger partial charge in [-0.1, -0.05) is 12.1 Å². The molecule has 0 radical (unpaired) electrons. The highest BCUT2D eigenvalue weighted by Crippen LogP contribution is 2.29. The monoisotopic (exact) mass is 435 g/mol. The predicted molar refractivity (Wildman–Crippen MR) is 119 cm³/mol. The minimum atomic E-state index is -0.489. The van der Waals surface area contributed by atoms with Crippen molar-refractivity contribution in [1.29, 1.82) is 0 Å². The Morgan fingerprint density at radius 2 is 1.84 bits per heavy atom. The van der Waals surface area contributed by atoms with Gasteiger partial charge in [0.15, 0.2) is 0 Å². The molecule has 2 aliphatic heterocycles. The molecule has 1 N–H and O–H groups in total. The van der Waals surface area contributed by atoms with Crippen LogP contribution in [0.25, 0.3) is 10.9 Å². The minimum Gasteiger partial charge on any atom is -0.359 e. The molecule has 0 spiro atoms. The summed E-state index contributed by atoms with van der Waals surface area (Å²) in [5.41, 5.74) is 0.746. The molecule has 2 aliphatic rings. The molecule has 3 aromatic rings. The number of carbonyl (C=O) groups is 2. The van der Waals surface area contributed by atoms with Crippen molar-refractivity contribution in [2.45, 2.75) is 18.9 Å². The molecule has 5 rings (SSSR count). The fourth-order valence-electron chi connectivity index (χ4n) is 4.10. The predicted octanol–water partition coefficient (Wildman–Crippen LogP) is 2.12. The summed E-state index contributed by atoms with van der Waals surface area (Å²) in [6, 6.07) is 8.86.